The van der Waals surface area contributed by atoms with Gasteiger partial charge < -0.3 is 70.6 Å². The number of nitrogens with zero attached hydrogens (tertiary/aromatic N) is 11. The highest BCUT2D eigenvalue weighted by Gasteiger charge is 2.45. The van der Waals surface area contributed by atoms with Gasteiger partial charge in [-0.2, -0.15) is 0 Å². The van der Waals surface area contributed by atoms with Crippen LogP contribution in [0.1, 0.15) is 175 Å². The quantitative estimate of drug-likeness (QED) is 0.0605. The van der Waals surface area contributed by atoms with Crippen molar-refractivity contribution in [3.05, 3.63) is 0 Å². The van der Waals surface area contributed by atoms with Crippen LogP contribution in [-0.2, 0) is 69.3 Å². The lowest BCUT2D eigenvalue weighted by atomic mass is 9.91. The van der Waals surface area contributed by atoms with Crippen LogP contribution in [0, 0.1) is 35.5 Å². The summed E-state index contributed by atoms with van der Waals surface area (Å²) < 4.78 is 13.5. The van der Waals surface area contributed by atoms with Gasteiger partial charge in [-0.3, -0.25) is 57.6 Å². The van der Waals surface area contributed by atoms with E-state index in [4.69, 9.17) is 9.47 Å². The molecule has 3 rings (SSSR count). The highest BCUT2D eigenvalue weighted by atomic mass is 32.2. The average Bonchev–Trinajstić information content (AvgIpc) is 1.79. The Morgan fingerprint density at radius 3 is 1.58 bits per heavy atom. The fourth-order valence-electron chi connectivity index (χ4n) is 12.9. The molecule has 0 spiro atoms. The third-order valence-electron chi connectivity index (χ3n) is 19.5. The number of aromatic nitrogens is 4. The molecule has 1 aromatic rings. The third kappa shape index (κ3) is 26.2. The van der Waals surface area contributed by atoms with Crippen molar-refractivity contribution in [3.8, 4) is 0 Å². The number of thioether (sulfide) groups is 1. The van der Waals surface area contributed by atoms with Crippen molar-refractivity contribution in [2.75, 3.05) is 87.5 Å². The molecule has 30 nitrogen and oxygen atoms in total. The van der Waals surface area contributed by atoms with E-state index in [0.29, 0.717) is 43.4 Å². The van der Waals surface area contributed by atoms with Gasteiger partial charge >= 0.3 is 0 Å². The van der Waals surface area contributed by atoms with Gasteiger partial charge in [0, 0.05) is 74.8 Å². The van der Waals surface area contributed by atoms with Crippen molar-refractivity contribution in [2.24, 2.45) is 42.6 Å². The van der Waals surface area contributed by atoms with Gasteiger partial charge in [-0.05, 0) is 132 Å². The van der Waals surface area contributed by atoms with Crippen molar-refractivity contribution in [2.45, 2.75) is 259 Å². The summed E-state index contributed by atoms with van der Waals surface area (Å²) in [6, 6.07) is -14.4. The molecular weight excluding hydrogens is 1330 g/mol. The molecule has 0 radical (unpaired) electrons. The lowest BCUT2D eigenvalue weighted by Gasteiger charge is -2.40. The van der Waals surface area contributed by atoms with Gasteiger partial charge in [0.1, 0.15) is 66.5 Å². The number of tetrazole rings is 1. The number of amides is 11. The van der Waals surface area contributed by atoms with Crippen LogP contribution in [0.3, 0.4) is 0 Å². The first-order chi connectivity index (χ1) is 47.7. The lowest BCUT2D eigenvalue weighted by Crippen LogP contribution is -2.64. The molecule has 582 valence electrons. The Kier molecular flexibility index (Phi) is 37.8. The highest BCUT2D eigenvalue weighted by molar-refractivity contribution is 7.99. The minimum atomic E-state index is -1.71. The number of aliphatic hydroxyl groups is 1. The Balaban J connectivity index is 2.27. The Labute approximate surface area is 611 Å². The molecular formula is C71H128N16O14S. The zero-order chi connectivity index (χ0) is 77.3. The summed E-state index contributed by atoms with van der Waals surface area (Å²) in [6.07, 6.45) is 1.76. The summed E-state index contributed by atoms with van der Waals surface area (Å²) in [6.45, 7) is 31.3. The average molecular weight is 1460 g/mol. The van der Waals surface area contributed by atoms with Gasteiger partial charge in [-0.25, -0.2) is 4.68 Å². The van der Waals surface area contributed by atoms with Crippen LogP contribution in [0.2, 0.25) is 0 Å². The Bertz CT molecular complexity index is 2900. The number of aliphatic hydroxyl groups excluding tert-OH is 1. The van der Waals surface area contributed by atoms with E-state index >= 15 is 28.8 Å². The van der Waals surface area contributed by atoms with Crippen LogP contribution in [0.25, 0.3) is 0 Å². The summed E-state index contributed by atoms with van der Waals surface area (Å²) in [4.78, 5) is 173. The van der Waals surface area contributed by atoms with E-state index in [1.807, 2.05) is 41.5 Å². The van der Waals surface area contributed by atoms with E-state index in [-0.39, 0.29) is 50.0 Å². The number of nitrogens with one attached hydrogen (secondary N) is 5. The summed E-state index contributed by atoms with van der Waals surface area (Å²) in [5, 5.41) is 38.5. The summed E-state index contributed by atoms with van der Waals surface area (Å²) >= 11 is 1.50. The van der Waals surface area contributed by atoms with Gasteiger partial charge in [0.15, 0.2) is 0 Å². The molecule has 3 heterocycles. The molecule has 2 saturated heterocycles. The summed E-state index contributed by atoms with van der Waals surface area (Å²) in [5.41, 5.74) is 0. The number of carbonyl (C=O) groups is 11. The molecule has 102 heavy (non-hydrogen) atoms. The number of ether oxygens (including phenoxy) is 2. The normalized spacial score (nSPS) is 26.3. The Hall–Kier alpha value is -6.57. The van der Waals surface area contributed by atoms with E-state index < -0.39 is 161 Å². The summed E-state index contributed by atoms with van der Waals surface area (Å²) in [7, 11) is 10.3. The number of hydrogen-bond donors (Lipinski definition) is 6. The molecule has 14 atom stereocenters. The van der Waals surface area contributed by atoms with Crippen LogP contribution < -0.4 is 26.6 Å². The van der Waals surface area contributed by atoms with E-state index in [1.165, 1.54) is 99.3 Å². The van der Waals surface area contributed by atoms with Crippen molar-refractivity contribution in [3.63, 3.8) is 0 Å². The SMILES string of the molecule is CC[C@@H]1NC(=O)[C@H]([C@H](O)[C@H](C)CCCCCSc2nnnn2C)NC(=O)[C@H](C(C)C)N(C)C(=O)[C@H](CC(C)C)N(C)C(=O)[C@H](CC(C)C)N(C)C(=O)[C@@H](C)NC(=O)[C@H](C)NC(=O)[C@H](CC(C)C)N(C)C(=O)[C@H](C(C)C)NC(=O)[C@H]([C@@H](C)OCCCCN2CCOCC2)N(C)C(=O)[C@@H](C)N(C)C1=O. The fraction of sp³-hybridized carbons (Fsp3) is 0.831. The molecule has 0 aliphatic carbocycles. The second-order valence-electron chi connectivity index (χ2n) is 30.1. The number of hydrogen-bond acceptors (Lipinski definition) is 19. The van der Waals surface area contributed by atoms with Crippen molar-refractivity contribution >= 4 is 76.7 Å². The molecule has 0 aromatic carbocycles. The number of aryl methyl sites for hydroxylation is 1. The smallest absolute Gasteiger partial charge is 0.246 e. The van der Waals surface area contributed by atoms with Gasteiger partial charge in [0.05, 0.1) is 25.4 Å². The van der Waals surface area contributed by atoms with Crippen LogP contribution in [0.4, 0.5) is 0 Å². The topological polar surface area (TPSA) is 353 Å². The predicted molar refractivity (Wildman–Crippen MR) is 389 cm³/mol. The van der Waals surface area contributed by atoms with E-state index in [0.717, 1.165) is 43.8 Å². The monoisotopic (exact) mass is 1460 g/mol. The number of unbranched alkanes of at least 4 members (excludes halogenated alkanes) is 3. The van der Waals surface area contributed by atoms with Crippen molar-refractivity contribution in [1.82, 2.24) is 81.1 Å². The number of carbonyl (C=O) groups excluding carboxylic acids is 11. The molecule has 2 fully saturated rings. The van der Waals surface area contributed by atoms with Crippen LogP contribution in [0.5, 0.6) is 0 Å². The number of likely N-dealkylation sites (N-methyl/N-ethyl adjacent to an activating group) is 6. The highest BCUT2D eigenvalue weighted by Crippen LogP contribution is 2.26. The Morgan fingerprint density at radius 2 is 1.04 bits per heavy atom. The van der Waals surface area contributed by atoms with E-state index in [2.05, 4.69) is 47.0 Å². The van der Waals surface area contributed by atoms with Crippen LogP contribution in [0.15, 0.2) is 5.16 Å². The lowest BCUT2D eigenvalue weighted by molar-refractivity contribution is -0.154. The Morgan fingerprint density at radius 1 is 0.520 bits per heavy atom. The summed E-state index contributed by atoms with van der Waals surface area (Å²) in [5.74, 6) is -9.55. The first-order valence-electron chi connectivity index (χ1n) is 36.8. The van der Waals surface area contributed by atoms with E-state index in [1.54, 1.807) is 60.2 Å². The molecule has 0 unspecified atom stereocenters. The first kappa shape index (κ1) is 89.6. The second-order valence-corrected chi connectivity index (χ2v) is 31.1. The maximum atomic E-state index is 15.3. The van der Waals surface area contributed by atoms with E-state index in [9.17, 15) is 29.1 Å². The molecule has 11 amide bonds. The van der Waals surface area contributed by atoms with Crippen molar-refractivity contribution < 1.29 is 67.3 Å². The zero-order valence-electron chi connectivity index (χ0n) is 65.6. The first-order valence-corrected chi connectivity index (χ1v) is 37.8. The molecule has 0 saturated carbocycles. The largest absolute Gasteiger partial charge is 0.390 e. The molecule has 31 heteroatoms. The third-order valence-corrected chi connectivity index (χ3v) is 20.6. The molecule has 0 bridgehead atoms. The molecule has 6 N–H and O–H groups in total. The number of morpholine rings is 1. The molecule has 2 aliphatic rings. The maximum Gasteiger partial charge on any atom is 0.246 e. The zero-order valence-corrected chi connectivity index (χ0v) is 66.4. The van der Waals surface area contributed by atoms with Crippen LogP contribution >= 0.6 is 11.8 Å². The van der Waals surface area contributed by atoms with Gasteiger partial charge in [0.25, 0.3) is 0 Å². The molecule has 2 aliphatic heterocycles. The van der Waals surface area contributed by atoms with Gasteiger partial charge in [-0.15, -0.1) is 5.10 Å². The maximum absolute atomic E-state index is 15.3. The van der Waals surface area contributed by atoms with Crippen molar-refractivity contribution in [1.29, 1.82) is 0 Å². The van der Waals surface area contributed by atoms with Gasteiger partial charge in [-0.1, -0.05) is 108 Å². The number of rotatable bonds is 25. The fourth-order valence-corrected chi connectivity index (χ4v) is 13.8. The molecule has 1 aromatic heterocycles. The standard InChI is InChI=1S/C71H128N16O14S/c1-24-51-67(96)80(17)49(15)66(95)85(22)58(50(16)101-34-28-27-31-87-32-35-100-36-33-87)64(93)75-55(44(8)9)70(99)81(18)52(38-41(2)3)61(90)72-47(13)60(89)73-48(14)65(94)82(19)53(39-42(4)5)68(97)83(20)54(40-43(6)7)69(98)84(21)57(45(10)11)63(92)76-56(62(91)74-51)59(88)46(12)30-26-25-29-37-102-71-77-78-79-86(71)23/h41-59,88H,24-40H2,1-23H3,(H,72,90)(H,73,89)(H,74,91)(H,75,93)(H,76,92)/t46-,47+,48-,49-,50-,51+,52+,53+,54+,55+,56+,57+,58+,59-/m1/s1. The predicted octanol–water partition coefficient (Wildman–Crippen LogP) is 2.70. The second kappa shape index (κ2) is 43.0. The minimum Gasteiger partial charge on any atom is -0.390 e. The van der Waals surface area contributed by atoms with Crippen LogP contribution in [-0.4, -0.2) is 291 Å². The minimum absolute atomic E-state index is 0.0229. The van der Waals surface area contributed by atoms with Gasteiger partial charge in [0.2, 0.25) is 70.1 Å².